The fourth-order valence-corrected chi connectivity index (χ4v) is 1.96. The summed E-state index contributed by atoms with van der Waals surface area (Å²) in [7, 11) is 0. The Morgan fingerprint density at radius 3 is 2.29 bits per heavy atom. The molecular weight excluding hydrogens is 220 g/mol. The summed E-state index contributed by atoms with van der Waals surface area (Å²) in [5.41, 5.74) is 0.0988. The van der Waals surface area contributed by atoms with Crippen LogP contribution < -0.4 is 5.32 Å². The zero-order valence-corrected chi connectivity index (χ0v) is 10.7. The molecule has 17 heavy (non-hydrogen) atoms. The highest BCUT2D eigenvalue weighted by atomic mass is 16.6. The van der Waals surface area contributed by atoms with Crippen LogP contribution in [-0.4, -0.2) is 10.5 Å². The maximum atomic E-state index is 10.5. The molecule has 0 atom stereocenters. The first-order valence-electron chi connectivity index (χ1n) is 6.05. The normalized spacial score (nSPS) is 11.7. The van der Waals surface area contributed by atoms with Gasteiger partial charge in [0.05, 0.1) is 12.6 Å². The molecular formula is C12H20N2O3. The van der Waals surface area contributed by atoms with E-state index in [1.807, 2.05) is 0 Å². The predicted molar refractivity (Wildman–Crippen MR) is 65.8 cm³/mol. The number of nitrogens with zero attached hydrogens (tertiary/aromatic N) is 1. The number of nitro groups is 1. The van der Waals surface area contributed by atoms with Gasteiger partial charge in [-0.3, -0.25) is 10.1 Å². The molecule has 0 spiro atoms. The molecule has 96 valence electrons. The largest absolute Gasteiger partial charge is 0.433 e. The Morgan fingerprint density at radius 2 is 1.88 bits per heavy atom. The van der Waals surface area contributed by atoms with E-state index < -0.39 is 4.92 Å². The molecule has 0 saturated carbocycles. The Balaban J connectivity index is 2.62. The number of nitrogens with one attached hydrogen (secondary N) is 1. The number of hydrogen-bond donors (Lipinski definition) is 1. The second kappa shape index (κ2) is 5.82. The lowest BCUT2D eigenvalue weighted by atomic mass is 9.90. The van der Waals surface area contributed by atoms with Crippen molar-refractivity contribution < 1.29 is 9.34 Å². The van der Waals surface area contributed by atoms with Crippen molar-refractivity contribution >= 4 is 5.88 Å². The molecule has 1 heterocycles. The molecule has 5 heteroatoms. The van der Waals surface area contributed by atoms with Gasteiger partial charge in [-0.2, -0.15) is 0 Å². The lowest BCUT2D eigenvalue weighted by molar-refractivity contribution is -0.402. The van der Waals surface area contributed by atoms with Crippen molar-refractivity contribution in [2.45, 2.75) is 52.1 Å². The Labute approximate surface area is 101 Å². The van der Waals surface area contributed by atoms with Crippen LogP contribution in [0.4, 0.5) is 5.88 Å². The maximum Gasteiger partial charge on any atom is 0.433 e. The summed E-state index contributed by atoms with van der Waals surface area (Å²) < 4.78 is 5.11. The lowest BCUT2D eigenvalue weighted by Gasteiger charge is -2.31. The molecule has 0 amide bonds. The second-order valence-corrected chi connectivity index (χ2v) is 4.19. The molecule has 0 aliphatic carbocycles. The van der Waals surface area contributed by atoms with Crippen molar-refractivity contribution in [2.75, 3.05) is 0 Å². The highest BCUT2D eigenvalue weighted by Crippen LogP contribution is 2.21. The van der Waals surface area contributed by atoms with Crippen LogP contribution in [-0.2, 0) is 6.54 Å². The van der Waals surface area contributed by atoms with Gasteiger partial charge in [0, 0.05) is 5.54 Å². The minimum atomic E-state index is -0.518. The van der Waals surface area contributed by atoms with E-state index in [0.29, 0.717) is 12.3 Å². The summed E-state index contributed by atoms with van der Waals surface area (Å²) >= 11 is 0. The molecule has 0 bridgehead atoms. The SMILES string of the molecule is CCC(CC)(CC)NCc1ccc([N+](=O)[O-])o1. The molecule has 1 rings (SSSR count). The van der Waals surface area contributed by atoms with E-state index in [4.69, 9.17) is 4.42 Å². The molecule has 0 unspecified atom stereocenters. The van der Waals surface area contributed by atoms with Crippen molar-refractivity contribution in [1.82, 2.24) is 5.32 Å². The van der Waals surface area contributed by atoms with Gasteiger partial charge in [-0.15, -0.1) is 0 Å². The van der Waals surface area contributed by atoms with Crippen molar-refractivity contribution in [3.63, 3.8) is 0 Å². The van der Waals surface area contributed by atoms with Crippen LogP contribution in [0.15, 0.2) is 16.5 Å². The highest BCUT2D eigenvalue weighted by molar-refractivity contribution is 5.17. The van der Waals surface area contributed by atoms with E-state index in [1.165, 1.54) is 6.07 Å². The molecule has 0 aromatic carbocycles. The molecule has 0 saturated heterocycles. The molecule has 1 aromatic rings. The van der Waals surface area contributed by atoms with Crippen molar-refractivity contribution in [2.24, 2.45) is 0 Å². The van der Waals surface area contributed by atoms with Gasteiger partial charge in [0.15, 0.2) is 0 Å². The summed E-state index contributed by atoms with van der Waals surface area (Å²) in [5.74, 6) is 0.410. The third kappa shape index (κ3) is 3.30. The second-order valence-electron chi connectivity index (χ2n) is 4.19. The molecule has 0 aliphatic heterocycles. The third-order valence-electron chi connectivity index (χ3n) is 3.50. The Morgan fingerprint density at radius 1 is 1.29 bits per heavy atom. The summed E-state index contributed by atoms with van der Waals surface area (Å²) in [4.78, 5) is 9.96. The van der Waals surface area contributed by atoms with Gasteiger partial charge < -0.3 is 9.73 Å². The van der Waals surface area contributed by atoms with Gasteiger partial charge in [0.2, 0.25) is 0 Å². The summed E-state index contributed by atoms with van der Waals surface area (Å²) in [5, 5.41) is 13.9. The Hall–Kier alpha value is -1.36. The standard InChI is InChI=1S/C12H20N2O3/c1-4-12(5-2,6-3)13-9-10-7-8-11(17-10)14(15)16/h7-8,13H,4-6,9H2,1-3H3. The molecule has 0 aliphatic rings. The van der Waals surface area contributed by atoms with Gasteiger partial charge >= 0.3 is 5.88 Å². The first kappa shape index (κ1) is 13.7. The molecule has 0 fully saturated rings. The van der Waals surface area contributed by atoms with Gasteiger partial charge in [-0.1, -0.05) is 20.8 Å². The predicted octanol–water partition coefficient (Wildman–Crippen LogP) is 3.25. The maximum absolute atomic E-state index is 10.5. The number of hydrogen-bond acceptors (Lipinski definition) is 4. The van der Waals surface area contributed by atoms with Crippen LogP contribution in [0.1, 0.15) is 45.8 Å². The fraction of sp³-hybridized carbons (Fsp3) is 0.667. The Kier molecular flexibility index (Phi) is 4.69. The quantitative estimate of drug-likeness (QED) is 0.586. The minimum absolute atomic E-state index is 0.0988. The Bertz CT molecular complexity index is 361. The third-order valence-corrected chi connectivity index (χ3v) is 3.50. The minimum Gasteiger partial charge on any atom is -0.404 e. The average Bonchev–Trinajstić information content (AvgIpc) is 2.81. The number of rotatable bonds is 7. The topological polar surface area (TPSA) is 68.3 Å². The van der Waals surface area contributed by atoms with E-state index in [2.05, 4.69) is 26.1 Å². The van der Waals surface area contributed by atoms with Crippen LogP contribution in [0.25, 0.3) is 0 Å². The van der Waals surface area contributed by atoms with Crippen molar-refractivity contribution in [1.29, 1.82) is 0 Å². The van der Waals surface area contributed by atoms with Crippen LogP contribution in [0.5, 0.6) is 0 Å². The van der Waals surface area contributed by atoms with Crippen LogP contribution in [0.3, 0.4) is 0 Å². The van der Waals surface area contributed by atoms with Crippen LogP contribution >= 0.6 is 0 Å². The first-order chi connectivity index (χ1) is 8.06. The molecule has 1 N–H and O–H groups in total. The first-order valence-corrected chi connectivity index (χ1v) is 6.05. The van der Waals surface area contributed by atoms with E-state index in [9.17, 15) is 10.1 Å². The van der Waals surface area contributed by atoms with E-state index >= 15 is 0 Å². The van der Waals surface area contributed by atoms with Crippen LogP contribution in [0.2, 0.25) is 0 Å². The van der Waals surface area contributed by atoms with Gasteiger partial charge in [-0.05, 0) is 25.3 Å². The fourth-order valence-electron chi connectivity index (χ4n) is 1.96. The average molecular weight is 240 g/mol. The summed E-state index contributed by atoms with van der Waals surface area (Å²) in [6, 6.07) is 3.04. The number of furan rings is 1. The monoisotopic (exact) mass is 240 g/mol. The molecule has 5 nitrogen and oxygen atoms in total. The van der Waals surface area contributed by atoms with Gasteiger partial charge in [0.1, 0.15) is 10.7 Å². The van der Waals surface area contributed by atoms with E-state index in [0.717, 1.165) is 19.3 Å². The van der Waals surface area contributed by atoms with Gasteiger partial charge in [0.25, 0.3) is 0 Å². The highest BCUT2D eigenvalue weighted by Gasteiger charge is 2.23. The summed E-state index contributed by atoms with van der Waals surface area (Å²) in [6.07, 6.45) is 3.09. The van der Waals surface area contributed by atoms with E-state index in [1.54, 1.807) is 6.07 Å². The zero-order valence-electron chi connectivity index (χ0n) is 10.7. The van der Waals surface area contributed by atoms with Crippen molar-refractivity contribution in [3.8, 4) is 0 Å². The van der Waals surface area contributed by atoms with E-state index in [-0.39, 0.29) is 11.4 Å². The van der Waals surface area contributed by atoms with Crippen LogP contribution in [0, 0.1) is 10.1 Å². The molecule has 0 radical (unpaired) electrons. The molecule has 1 aromatic heterocycles. The van der Waals surface area contributed by atoms with Crippen molar-refractivity contribution in [3.05, 3.63) is 28.0 Å². The summed E-state index contributed by atoms with van der Waals surface area (Å²) in [6.45, 7) is 6.96. The van der Waals surface area contributed by atoms with Gasteiger partial charge in [-0.25, -0.2) is 0 Å². The zero-order chi connectivity index (χ0) is 12.9. The smallest absolute Gasteiger partial charge is 0.404 e. The lowest BCUT2D eigenvalue weighted by Crippen LogP contribution is -2.42.